The molecule has 0 bridgehead atoms. The first kappa shape index (κ1) is 45.4. The van der Waals surface area contributed by atoms with Gasteiger partial charge in [-0.1, -0.05) is 104 Å². The lowest BCUT2D eigenvalue weighted by atomic mass is 10.0. The maximum absolute atomic E-state index is 6.37. The molecule has 8 nitrogen and oxygen atoms in total. The molecule has 0 amide bonds. The molecule has 6 heterocycles. The lowest BCUT2D eigenvalue weighted by Crippen LogP contribution is -2.03. The van der Waals surface area contributed by atoms with Crippen molar-refractivity contribution in [2.45, 2.75) is 12.8 Å². The highest BCUT2D eigenvalue weighted by Gasteiger charge is 2.14. The van der Waals surface area contributed by atoms with Gasteiger partial charge >= 0.3 is 0 Å². The van der Waals surface area contributed by atoms with E-state index in [0.29, 0.717) is 35.8 Å². The van der Waals surface area contributed by atoms with E-state index in [1.807, 2.05) is 109 Å². The zero-order valence-electron chi connectivity index (χ0n) is 36.8. The minimum atomic E-state index is 0.513. The molecule has 0 N–H and O–H groups in total. The molecule has 0 aliphatic rings. The summed E-state index contributed by atoms with van der Waals surface area (Å²) in [4.78, 5) is 28.1. The van der Waals surface area contributed by atoms with Crippen LogP contribution >= 0.6 is 31.9 Å². The summed E-state index contributed by atoms with van der Waals surface area (Å²) in [7, 11) is 0. The van der Waals surface area contributed by atoms with Crippen LogP contribution in [-0.2, 0) is 0 Å². The van der Waals surface area contributed by atoms with E-state index >= 15 is 0 Å². The minimum Gasteiger partial charge on any atom is -0.492 e. The summed E-state index contributed by atoms with van der Waals surface area (Å²) in [5.41, 5.74) is 13.4. The van der Waals surface area contributed by atoms with Crippen LogP contribution in [0.4, 0.5) is 0 Å². The normalized spacial score (nSPS) is 10.6. The number of benzene rings is 3. The van der Waals surface area contributed by atoms with Crippen molar-refractivity contribution in [3.63, 3.8) is 0 Å². The van der Waals surface area contributed by atoms with Crippen molar-refractivity contribution in [2.24, 2.45) is 0 Å². The third-order valence-electron chi connectivity index (χ3n) is 10.6. The average molecular weight is 1010 g/mol. The van der Waals surface area contributed by atoms with Gasteiger partial charge in [-0.2, -0.15) is 0 Å². The van der Waals surface area contributed by atoms with Gasteiger partial charge in [0.05, 0.1) is 69.9 Å². The molecule has 9 aromatic rings. The van der Waals surface area contributed by atoms with Gasteiger partial charge in [-0.05, 0) is 132 Å². The molecule has 10 heteroatoms. The summed E-state index contributed by atoms with van der Waals surface area (Å²) in [6.45, 7) is 1.03. The molecule has 330 valence electrons. The SMILES string of the molecule is BrCCCOc1cc(C#Cc2ccc(-c3cc(-c4ccccn4)nc(-c4ccccn4)c3)cc2)c(OCCCBr)cc1C#Cc1ccc(-c2cc(-c3ccccn3)nc(-c3ccccn3)c2)cc1. The number of halogens is 2. The van der Waals surface area contributed by atoms with E-state index < -0.39 is 0 Å². The zero-order valence-corrected chi connectivity index (χ0v) is 40.0. The Morgan fingerprint density at radius 1 is 0.353 bits per heavy atom. The summed E-state index contributed by atoms with van der Waals surface area (Å²) in [6.07, 6.45) is 8.76. The Hall–Kier alpha value is -7.76. The van der Waals surface area contributed by atoms with Crippen LogP contribution in [0, 0.1) is 23.7 Å². The Morgan fingerprint density at radius 2 is 0.691 bits per heavy atom. The molecule has 0 aliphatic heterocycles. The van der Waals surface area contributed by atoms with E-state index in [4.69, 9.17) is 19.4 Å². The molecule has 0 spiro atoms. The lowest BCUT2D eigenvalue weighted by molar-refractivity contribution is 0.309. The highest BCUT2D eigenvalue weighted by atomic mass is 79.9. The van der Waals surface area contributed by atoms with Gasteiger partial charge in [-0.15, -0.1) is 0 Å². The van der Waals surface area contributed by atoms with Crippen molar-refractivity contribution < 1.29 is 9.47 Å². The van der Waals surface area contributed by atoms with Gasteiger partial charge in [0.25, 0.3) is 0 Å². The summed E-state index contributed by atoms with van der Waals surface area (Å²) < 4.78 is 12.7. The fraction of sp³-hybridized carbons (Fsp3) is 0.103. The number of ether oxygens (including phenoxy) is 2. The third kappa shape index (κ3) is 11.6. The Bertz CT molecular complexity index is 2910. The van der Waals surface area contributed by atoms with E-state index in [1.165, 1.54) is 0 Å². The maximum Gasteiger partial charge on any atom is 0.136 e. The molecule has 68 heavy (non-hydrogen) atoms. The van der Waals surface area contributed by atoms with E-state index in [2.05, 4.69) is 124 Å². The van der Waals surface area contributed by atoms with E-state index in [9.17, 15) is 0 Å². The van der Waals surface area contributed by atoms with Gasteiger partial charge in [0.15, 0.2) is 0 Å². The molecule has 3 aromatic carbocycles. The molecule has 0 aliphatic carbocycles. The number of rotatable bonds is 14. The predicted octanol–water partition coefficient (Wildman–Crippen LogP) is 13.2. The van der Waals surface area contributed by atoms with Gasteiger partial charge < -0.3 is 9.47 Å². The molecule has 0 unspecified atom stereocenters. The standard InChI is InChI=1S/C58H42Br2N6O2/c59-27-9-33-67-57-40-46(26-20-42-17-23-44(24-18-42)48-37-55(51-13-3-7-31-63-51)66-56(38-48)52-14-4-8-32-64-52)58(68-34-10-28-60)39-45(57)25-19-41-15-21-43(22-16-41)47-35-53(49-11-1-5-29-61-49)65-54(36-47)50-12-2-6-30-62-50/h1-8,11-18,21-24,29-32,35-40H,9-10,27-28,33-34H2. The number of hydrogen-bond acceptors (Lipinski definition) is 8. The Morgan fingerprint density at radius 3 is 0.985 bits per heavy atom. The second-order valence-corrected chi connectivity index (χ2v) is 17.0. The highest BCUT2D eigenvalue weighted by Crippen LogP contribution is 2.32. The Balaban J connectivity index is 1.01. The number of alkyl halides is 2. The van der Waals surface area contributed by atoms with Gasteiger partial charge in [-0.3, -0.25) is 19.9 Å². The molecular formula is C58H42Br2N6O2. The molecular weight excluding hydrogens is 972 g/mol. The van der Waals surface area contributed by atoms with Gasteiger partial charge in [0.2, 0.25) is 0 Å². The third-order valence-corrected chi connectivity index (χ3v) is 11.8. The van der Waals surface area contributed by atoms with Crippen LogP contribution in [0.15, 0.2) is 183 Å². The number of nitrogens with zero attached hydrogens (tertiary/aromatic N) is 6. The van der Waals surface area contributed by atoms with Crippen LogP contribution < -0.4 is 9.47 Å². The average Bonchev–Trinajstić information content (AvgIpc) is 3.41. The van der Waals surface area contributed by atoms with Gasteiger partial charge in [0.1, 0.15) is 11.5 Å². The van der Waals surface area contributed by atoms with Crippen molar-refractivity contribution in [3.05, 3.63) is 205 Å². The first-order valence-corrected chi connectivity index (χ1v) is 24.3. The van der Waals surface area contributed by atoms with Crippen molar-refractivity contribution in [2.75, 3.05) is 23.9 Å². The maximum atomic E-state index is 6.37. The first-order chi connectivity index (χ1) is 33.6. The van der Waals surface area contributed by atoms with E-state index in [1.54, 1.807) is 24.8 Å². The minimum absolute atomic E-state index is 0.513. The Kier molecular flexibility index (Phi) is 15.1. The smallest absolute Gasteiger partial charge is 0.136 e. The Labute approximate surface area is 413 Å². The summed E-state index contributed by atoms with van der Waals surface area (Å²) in [6, 6.07) is 51.9. The molecule has 0 atom stereocenters. The zero-order chi connectivity index (χ0) is 46.3. The summed E-state index contributed by atoms with van der Waals surface area (Å²) in [5.74, 6) is 14.8. The van der Waals surface area contributed by atoms with Crippen LogP contribution in [-0.4, -0.2) is 53.8 Å². The number of pyridine rings is 6. The first-order valence-electron chi connectivity index (χ1n) is 22.1. The highest BCUT2D eigenvalue weighted by molar-refractivity contribution is 9.09. The molecule has 0 radical (unpaired) electrons. The van der Waals surface area contributed by atoms with Crippen LogP contribution in [0.2, 0.25) is 0 Å². The van der Waals surface area contributed by atoms with Gasteiger partial charge in [-0.25, -0.2) is 9.97 Å². The molecule has 0 saturated carbocycles. The summed E-state index contributed by atoms with van der Waals surface area (Å²) in [5, 5.41) is 1.63. The van der Waals surface area contributed by atoms with Crippen LogP contribution in [0.25, 0.3) is 67.8 Å². The second kappa shape index (κ2) is 22.6. The second-order valence-electron chi connectivity index (χ2n) is 15.4. The molecule has 0 fully saturated rings. The van der Waals surface area contributed by atoms with E-state index in [-0.39, 0.29) is 0 Å². The van der Waals surface area contributed by atoms with Crippen molar-refractivity contribution in [3.8, 4) is 103 Å². The monoisotopic (exact) mass is 1010 g/mol. The number of hydrogen-bond donors (Lipinski definition) is 0. The molecule has 0 saturated heterocycles. The topological polar surface area (TPSA) is 95.8 Å². The predicted molar refractivity (Wildman–Crippen MR) is 278 cm³/mol. The fourth-order valence-electron chi connectivity index (χ4n) is 7.21. The van der Waals surface area contributed by atoms with Crippen LogP contribution in [0.1, 0.15) is 35.1 Å². The quantitative estimate of drug-likeness (QED) is 0.0604. The van der Waals surface area contributed by atoms with E-state index in [0.717, 1.165) is 102 Å². The summed E-state index contributed by atoms with van der Waals surface area (Å²) >= 11 is 7.09. The van der Waals surface area contributed by atoms with Crippen molar-refractivity contribution in [1.82, 2.24) is 29.9 Å². The number of aromatic nitrogens is 6. The van der Waals surface area contributed by atoms with Gasteiger partial charge in [0, 0.05) is 58.7 Å². The van der Waals surface area contributed by atoms with Crippen LogP contribution in [0.3, 0.4) is 0 Å². The molecule has 9 rings (SSSR count). The lowest BCUT2D eigenvalue weighted by Gasteiger charge is -2.13. The molecule has 6 aromatic heterocycles. The largest absolute Gasteiger partial charge is 0.492 e. The van der Waals surface area contributed by atoms with Crippen LogP contribution in [0.5, 0.6) is 11.5 Å². The van der Waals surface area contributed by atoms with Crippen molar-refractivity contribution >= 4 is 31.9 Å². The fourth-order valence-corrected chi connectivity index (χ4v) is 7.67. The van der Waals surface area contributed by atoms with Crippen molar-refractivity contribution in [1.29, 1.82) is 0 Å².